The first-order valence-corrected chi connectivity index (χ1v) is 17.1. The summed E-state index contributed by atoms with van der Waals surface area (Å²) in [6, 6.07) is 7.91. The normalized spacial score (nSPS) is 21.9. The Morgan fingerprint density at radius 1 is 1.23 bits per heavy atom. The number of aromatic hydroxyl groups is 2. The van der Waals surface area contributed by atoms with Crippen LogP contribution in [0, 0.1) is 0 Å². The van der Waals surface area contributed by atoms with Gasteiger partial charge in [0.1, 0.15) is 52.3 Å². The van der Waals surface area contributed by atoms with Crippen LogP contribution in [0.4, 0.5) is 0 Å². The van der Waals surface area contributed by atoms with Gasteiger partial charge in [0.25, 0.3) is 0 Å². The van der Waals surface area contributed by atoms with Crippen molar-refractivity contribution in [1.82, 2.24) is 10.6 Å². The standard InChI is InChI=1S/C39H44N4O9/c1-3-23(19-44)38(49)51-30-17-28-35(48)34-29(47)16-26(20-45)50-37(34)33(36(28)52-39(30,2)11-9-21-7-8-31(40)43-18-21)27(24-10-12-42-32(41)15-24)14-22-5-4-6-25(46)13-22/h3-8,10,13,15-16,18,27,30-31,42-46,48H,9,11-12,14,17,19-20,40-41H2,1-2H3/b23-3-/t27-,30-,31?,39+/m1/s1. The molecule has 0 amide bonds. The highest BCUT2D eigenvalue weighted by Crippen LogP contribution is 2.51. The first-order valence-electron chi connectivity index (χ1n) is 17.1. The molecule has 6 rings (SSSR count). The van der Waals surface area contributed by atoms with Crippen LogP contribution in [0.3, 0.4) is 0 Å². The van der Waals surface area contributed by atoms with Gasteiger partial charge >= 0.3 is 5.97 Å². The lowest BCUT2D eigenvalue weighted by atomic mass is 9.78. The number of nitrogens with two attached hydrogens (primary N) is 2. The van der Waals surface area contributed by atoms with Crippen molar-refractivity contribution >= 4 is 16.9 Å². The van der Waals surface area contributed by atoms with Crippen molar-refractivity contribution in [2.45, 2.75) is 69.9 Å². The van der Waals surface area contributed by atoms with Crippen LogP contribution in [0.5, 0.6) is 17.2 Å². The average Bonchev–Trinajstić information content (AvgIpc) is 3.12. The number of rotatable bonds is 11. The fourth-order valence-corrected chi connectivity index (χ4v) is 6.94. The molecule has 0 bridgehead atoms. The molecule has 2 aromatic carbocycles. The second-order valence-electron chi connectivity index (χ2n) is 13.4. The predicted octanol–water partition coefficient (Wildman–Crippen LogP) is 3.00. The van der Waals surface area contributed by atoms with Gasteiger partial charge in [-0.1, -0.05) is 30.4 Å². The summed E-state index contributed by atoms with van der Waals surface area (Å²) in [6.07, 6.45) is 10.5. The zero-order valence-electron chi connectivity index (χ0n) is 29.0. The molecular formula is C39H44N4O9. The van der Waals surface area contributed by atoms with Crippen molar-refractivity contribution in [2.75, 3.05) is 13.2 Å². The fourth-order valence-electron chi connectivity index (χ4n) is 6.94. The third-order valence-electron chi connectivity index (χ3n) is 9.83. The van der Waals surface area contributed by atoms with E-state index in [0.29, 0.717) is 30.8 Å². The van der Waals surface area contributed by atoms with Crippen LogP contribution < -0.4 is 32.3 Å². The number of aliphatic hydroxyl groups excluding tert-OH is 2. The number of nitrogens with one attached hydrogen (secondary N) is 2. The number of ether oxygens (including phenoxy) is 2. The third kappa shape index (κ3) is 7.29. The molecule has 0 saturated heterocycles. The molecule has 0 saturated carbocycles. The van der Waals surface area contributed by atoms with Gasteiger partial charge in [0.15, 0.2) is 5.43 Å². The van der Waals surface area contributed by atoms with Gasteiger partial charge in [-0.25, -0.2) is 4.79 Å². The van der Waals surface area contributed by atoms with Gasteiger partial charge in [-0.15, -0.1) is 0 Å². The molecule has 3 aliphatic rings. The van der Waals surface area contributed by atoms with E-state index >= 15 is 0 Å². The minimum Gasteiger partial charge on any atom is -0.508 e. The van der Waals surface area contributed by atoms with Gasteiger partial charge < -0.3 is 56.4 Å². The maximum absolute atomic E-state index is 13.7. The van der Waals surface area contributed by atoms with E-state index in [1.54, 1.807) is 31.2 Å². The molecule has 1 unspecified atom stereocenters. The number of carbonyl (C=O) groups is 1. The number of phenolic OH excluding ortho intramolecular Hbond substituents is 2. The molecule has 13 heteroatoms. The molecule has 1 aromatic heterocycles. The lowest BCUT2D eigenvalue weighted by Gasteiger charge is -2.43. The van der Waals surface area contributed by atoms with Crippen molar-refractivity contribution in [1.29, 1.82) is 0 Å². The van der Waals surface area contributed by atoms with Gasteiger partial charge in [-0.05, 0) is 74.1 Å². The van der Waals surface area contributed by atoms with E-state index < -0.39 is 48.0 Å². The average molecular weight is 713 g/mol. The minimum atomic E-state index is -1.22. The van der Waals surface area contributed by atoms with Gasteiger partial charge in [-0.3, -0.25) is 4.79 Å². The molecule has 0 radical (unpaired) electrons. The van der Waals surface area contributed by atoms with E-state index in [2.05, 4.69) is 10.6 Å². The predicted molar refractivity (Wildman–Crippen MR) is 194 cm³/mol. The number of hydrogen-bond acceptors (Lipinski definition) is 13. The van der Waals surface area contributed by atoms with Crippen molar-refractivity contribution < 1.29 is 39.1 Å². The highest BCUT2D eigenvalue weighted by atomic mass is 16.6. The van der Waals surface area contributed by atoms with E-state index in [1.165, 1.54) is 6.08 Å². The minimum absolute atomic E-state index is 0.0152. The molecule has 3 aliphatic heterocycles. The number of fused-ring (bicyclic) bond motifs is 2. The Hall–Kier alpha value is -5.50. The van der Waals surface area contributed by atoms with E-state index in [9.17, 15) is 30.0 Å². The Morgan fingerprint density at radius 3 is 2.71 bits per heavy atom. The second kappa shape index (κ2) is 15.0. The quantitative estimate of drug-likeness (QED) is 0.106. The van der Waals surface area contributed by atoms with Crippen molar-refractivity contribution in [3.63, 3.8) is 0 Å². The summed E-state index contributed by atoms with van der Waals surface area (Å²) in [5.41, 5.74) is 13.6. The largest absolute Gasteiger partial charge is 0.508 e. The second-order valence-corrected chi connectivity index (χ2v) is 13.4. The SMILES string of the molecule is C/C=C(/CO)C(=O)O[C@@H]1Cc2c(c([C@H](Cc3cccc(O)c3)C3=CCNC(N)=C3)c3oc(CO)cc(=O)c3c2O)O[C@@]1(C)CCC1=CNC(N)C=C1. The molecule has 0 fully saturated rings. The van der Waals surface area contributed by atoms with E-state index in [0.717, 1.165) is 22.8 Å². The molecule has 13 nitrogen and oxygen atoms in total. The van der Waals surface area contributed by atoms with E-state index in [1.807, 2.05) is 37.4 Å². The van der Waals surface area contributed by atoms with Crippen LogP contribution in [0.2, 0.25) is 0 Å². The van der Waals surface area contributed by atoms with Crippen LogP contribution in [-0.2, 0) is 29.0 Å². The third-order valence-corrected chi connectivity index (χ3v) is 9.83. The van der Waals surface area contributed by atoms with Gasteiger partial charge in [-0.2, -0.15) is 0 Å². The molecule has 4 atom stereocenters. The van der Waals surface area contributed by atoms with Crippen LogP contribution >= 0.6 is 0 Å². The number of phenols is 2. The first-order chi connectivity index (χ1) is 24.9. The summed E-state index contributed by atoms with van der Waals surface area (Å²) in [6.45, 7) is 2.73. The first kappa shape index (κ1) is 36.3. The van der Waals surface area contributed by atoms with Crippen molar-refractivity contribution in [3.8, 4) is 17.2 Å². The lowest BCUT2D eigenvalue weighted by molar-refractivity contribution is -0.159. The zero-order valence-corrected chi connectivity index (χ0v) is 29.0. The summed E-state index contributed by atoms with van der Waals surface area (Å²) in [4.78, 5) is 27.0. The van der Waals surface area contributed by atoms with Gasteiger partial charge in [0.2, 0.25) is 0 Å². The number of carbonyl (C=O) groups excluding carboxylic acids is 1. The summed E-state index contributed by atoms with van der Waals surface area (Å²) in [7, 11) is 0. The molecule has 3 aromatic rings. The molecule has 274 valence electrons. The van der Waals surface area contributed by atoms with Gasteiger partial charge in [0, 0.05) is 42.3 Å². The highest BCUT2D eigenvalue weighted by molar-refractivity contribution is 5.92. The number of benzene rings is 2. The molecule has 0 spiro atoms. The zero-order chi connectivity index (χ0) is 37.2. The number of dihydropyridines is 2. The Bertz CT molecular complexity index is 2100. The number of allylic oxidation sites excluding steroid dienone is 5. The Morgan fingerprint density at radius 2 is 2.04 bits per heavy atom. The smallest absolute Gasteiger partial charge is 0.336 e. The Balaban J connectivity index is 1.59. The summed E-state index contributed by atoms with van der Waals surface area (Å²) >= 11 is 0. The lowest BCUT2D eigenvalue weighted by Crippen LogP contribution is -2.51. The summed E-state index contributed by atoms with van der Waals surface area (Å²) < 4.78 is 19.3. The number of aliphatic hydroxyl groups is 2. The molecule has 10 N–H and O–H groups in total. The summed E-state index contributed by atoms with van der Waals surface area (Å²) in [5, 5.41) is 48.3. The van der Waals surface area contributed by atoms with Crippen LogP contribution in [-0.4, -0.2) is 57.4 Å². The molecule has 0 aliphatic carbocycles. The maximum Gasteiger partial charge on any atom is 0.336 e. The molecule has 52 heavy (non-hydrogen) atoms. The van der Waals surface area contributed by atoms with Crippen molar-refractivity contribution in [2.24, 2.45) is 11.5 Å². The van der Waals surface area contributed by atoms with Crippen LogP contribution in [0.25, 0.3) is 11.0 Å². The van der Waals surface area contributed by atoms with Crippen molar-refractivity contribution in [3.05, 3.63) is 122 Å². The fraction of sp³-hybridized carbons (Fsp3) is 0.333. The number of esters is 1. The van der Waals surface area contributed by atoms with Crippen LogP contribution in [0.1, 0.15) is 55.1 Å². The maximum atomic E-state index is 13.7. The molecular weight excluding hydrogens is 668 g/mol. The van der Waals surface area contributed by atoms with Crippen LogP contribution in [0.15, 0.2) is 98.7 Å². The molecule has 4 heterocycles. The monoisotopic (exact) mass is 712 g/mol. The Kier molecular flexibility index (Phi) is 10.5. The topological polar surface area (TPSA) is 223 Å². The highest BCUT2D eigenvalue weighted by Gasteiger charge is 2.47. The summed E-state index contributed by atoms with van der Waals surface area (Å²) in [5.74, 6) is -1.06. The number of hydrogen-bond donors (Lipinski definition) is 8. The van der Waals surface area contributed by atoms with E-state index in [4.69, 9.17) is 25.4 Å². The Labute approximate surface area is 300 Å². The van der Waals surface area contributed by atoms with E-state index in [-0.39, 0.29) is 58.4 Å². The van der Waals surface area contributed by atoms with Gasteiger partial charge in [0.05, 0.1) is 24.2 Å².